The van der Waals surface area contributed by atoms with Crippen molar-refractivity contribution in [1.82, 2.24) is 4.90 Å². The second-order valence-corrected chi connectivity index (χ2v) is 7.07. The molecule has 3 rings (SSSR count). The molecule has 0 spiro atoms. The van der Waals surface area contributed by atoms with Crippen molar-refractivity contribution in [3.63, 3.8) is 0 Å². The van der Waals surface area contributed by atoms with Gasteiger partial charge in [-0.05, 0) is 44.3 Å². The Bertz CT molecular complexity index is 857. The Morgan fingerprint density at radius 2 is 2.00 bits per heavy atom. The van der Waals surface area contributed by atoms with Crippen LogP contribution in [-0.2, 0) is 11.0 Å². The van der Waals surface area contributed by atoms with E-state index in [1.54, 1.807) is 11.9 Å². The van der Waals surface area contributed by atoms with E-state index in [1.165, 1.54) is 12.1 Å². The number of nitrogens with zero attached hydrogens (tertiary/aromatic N) is 2. The third-order valence-electron chi connectivity index (χ3n) is 4.71. The average Bonchev–Trinajstić information content (AvgIpc) is 2.66. The second-order valence-electron chi connectivity index (χ2n) is 7.07. The topological polar surface area (TPSA) is 44.8 Å². The Morgan fingerprint density at radius 1 is 1.24 bits per heavy atom. The van der Waals surface area contributed by atoms with E-state index >= 15 is 0 Å². The van der Waals surface area contributed by atoms with Crippen molar-refractivity contribution in [2.45, 2.75) is 19.2 Å². The fraction of sp³-hybridized carbons (Fsp3) is 0.381. The summed E-state index contributed by atoms with van der Waals surface area (Å²) >= 11 is 0. The molecule has 5 nitrogen and oxygen atoms in total. The number of amides is 1. The Balaban J connectivity index is 1.56. The van der Waals surface area contributed by atoms with Crippen LogP contribution in [0, 0.1) is 0 Å². The largest absolute Gasteiger partial charge is 0.485 e. The number of ether oxygens (including phenoxy) is 1. The summed E-state index contributed by atoms with van der Waals surface area (Å²) in [5.74, 6) is 0.433. The molecular weight excluding hydrogens is 383 g/mol. The van der Waals surface area contributed by atoms with Crippen LogP contribution in [0.25, 0.3) is 0 Å². The molecule has 2 aromatic rings. The van der Waals surface area contributed by atoms with Crippen molar-refractivity contribution in [2.75, 3.05) is 43.4 Å². The monoisotopic (exact) mass is 407 g/mol. The van der Waals surface area contributed by atoms with Gasteiger partial charge in [-0.3, -0.25) is 9.69 Å². The summed E-state index contributed by atoms with van der Waals surface area (Å²) < 4.78 is 44.5. The van der Waals surface area contributed by atoms with Gasteiger partial charge in [0.05, 0.1) is 24.3 Å². The minimum absolute atomic E-state index is 0.0455. The van der Waals surface area contributed by atoms with Crippen LogP contribution < -0.4 is 15.0 Å². The quantitative estimate of drug-likeness (QED) is 0.790. The number of halogens is 3. The van der Waals surface area contributed by atoms with Gasteiger partial charge in [-0.25, -0.2) is 0 Å². The van der Waals surface area contributed by atoms with E-state index in [2.05, 4.69) is 17.1 Å². The van der Waals surface area contributed by atoms with Crippen molar-refractivity contribution in [3.8, 4) is 5.75 Å². The van der Waals surface area contributed by atoms with Crippen molar-refractivity contribution >= 4 is 17.3 Å². The number of carbonyl (C=O) groups excluding carboxylic acids is 1. The maximum atomic E-state index is 12.8. The summed E-state index contributed by atoms with van der Waals surface area (Å²) in [7, 11) is 1.78. The fourth-order valence-electron chi connectivity index (χ4n) is 3.40. The zero-order chi connectivity index (χ0) is 21.0. The number of nitrogens with one attached hydrogen (secondary N) is 1. The highest BCUT2D eigenvalue weighted by Gasteiger charge is 2.30. The van der Waals surface area contributed by atoms with Gasteiger partial charge in [0.15, 0.2) is 0 Å². The summed E-state index contributed by atoms with van der Waals surface area (Å²) in [6.45, 7) is 4.18. The lowest BCUT2D eigenvalue weighted by Crippen LogP contribution is -2.46. The molecule has 0 aromatic heterocycles. The second kappa shape index (κ2) is 8.73. The minimum atomic E-state index is -4.45. The Hall–Kier alpha value is -2.74. The predicted octanol–water partition coefficient (Wildman–Crippen LogP) is 3.86. The summed E-state index contributed by atoms with van der Waals surface area (Å²) in [5.41, 5.74) is 0.381. The van der Waals surface area contributed by atoms with E-state index in [-0.39, 0.29) is 24.2 Å². The van der Waals surface area contributed by atoms with Crippen molar-refractivity contribution < 1.29 is 22.7 Å². The molecular formula is C21H24F3N3O2. The van der Waals surface area contributed by atoms with E-state index in [9.17, 15) is 18.0 Å². The molecule has 0 aliphatic carbocycles. The van der Waals surface area contributed by atoms with Crippen LogP contribution >= 0.6 is 0 Å². The van der Waals surface area contributed by atoms with Gasteiger partial charge in [-0.2, -0.15) is 13.2 Å². The molecule has 8 heteroatoms. The number of carbonyl (C=O) groups is 1. The normalized spacial score (nSPS) is 16.3. The number of anilines is 2. The Labute approximate surface area is 168 Å². The van der Waals surface area contributed by atoms with E-state index in [0.29, 0.717) is 13.1 Å². The number of para-hydroxylation sites is 2. The van der Waals surface area contributed by atoms with Crippen LogP contribution in [0.4, 0.5) is 24.5 Å². The maximum Gasteiger partial charge on any atom is 0.416 e. The lowest BCUT2D eigenvalue weighted by molar-refractivity contribution is -0.137. The Kier molecular flexibility index (Phi) is 6.32. The zero-order valence-electron chi connectivity index (χ0n) is 16.4. The highest BCUT2D eigenvalue weighted by atomic mass is 19.4. The summed E-state index contributed by atoms with van der Waals surface area (Å²) in [6.07, 6.45) is -4.56. The number of likely N-dealkylation sites (N-methyl/N-ethyl adjacent to an activating group) is 2. The van der Waals surface area contributed by atoms with Gasteiger partial charge in [0, 0.05) is 18.8 Å². The predicted molar refractivity (Wildman–Crippen MR) is 106 cm³/mol. The van der Waals surface area contributed by atoms with Gasteiger partial charge in [-0.1, -0.05) is 18.2 Å². The third kappa shape index (κ3) is 5.41. The van der Waals surface area contributed by atoms with Crippen LogP contribution in [0.2, 0.25) is 0 Å². The van der Waals surface area contributed by atoms with Gasteiger partial charge < -0.3 is 15.0 Å². The number of fused-ring (bicyclic) bond motifs is 1. The molecule has 0 saturated heterocycles. The molecule has 1 N–H and O–H groups in total. The van der Waals surface area contributed by atoms with Gasteiger partial charge in [-0.15, -0.1) is 0 Å². The molecule has 1 heterocycles. The first kappa shape index (κ1) is 21.0. The molecule has 2 aromatic carbocycles. The molecule has 0 bridgehead atoms. The smallest absolute Gasteiger partial charge is 0.416 e. The lowest BCUT2D eigenvalue weighted by Gasteiger charge is -2.37. The molecule has 1 amide bonds. The summed E-state index contributed by atoms with van der Waals surface area (Å²) in [5, 5.41) is 2.53. The Morgan fingerprint density at radius 3 is 2.72 bits per heavy atom. The number of rotatable bonds is 6. The van der Waals surface area contributed by atoms with Crippen LogP contribution in [0.1, 0.15) is 12.5 Å². The number of alkyl halides is 3. The van der Waals surface area contributed by atoms with Crippen LogP contribution in [0.5, 0.6) is 5.75 Å². The number of hydrogen-bond donors (Lipinski definition) is 1. The van der Waals surface area contributed by atoms with E-state index < -0.39 is 11.7 Å². The molecule has 0 radical (unpaired) electrons. The number of hydrogen-bond acceptors (Lipinski definition) is 4. The first-order valence-corrected chi connectivity index (χ1v) is 9.42. The van der Waals surface area contributed by atoms with E-state index in [1.807, 2.05) is 24.3 Å². The van der Waals surface area contributed by atoms with Gasteiger partial charge in [0.1, 0.15) is 11.9 Å². The van der Waals surface area contributed by atoms with Crippen molar-refractivity contribution in [3.05, 3.63) is 54.1 Å². The van der Waals surface area contributed by atoms with Gasteiger partial charge in [0.25, 0.3) is 0 Å². The molecule has 1 atom stereocenters. The molecule has 0 fully saturated rings. The van der Waals surface area contributed by atoms with E-state index in [4.69, 9.17) is 4.74 Å². The maximum absolute atomic E-state index is 12.8. The van der Waals surface area contributed by atoms with Crippen LogP contribution in [0.15, 0.2) is 48.5 Å². The molecule has 0 saturated carbocycles. The number of benzene rings is 2. The molecule has 29 heavy (non-hydrogen) atoms. The van der Waals surface area contributed by atoms with Crippen LogP contribution in [0.3, 0.4) is 0 Å². The first-order valence-electron chi connectivity index (χ1n) is 9.42. The molecule has 1 aliphatic heterocycles. The zero-order valence-corrected chi connectivity index (χ0v) is 16.4. The van der Waals surface area contributed by atoms with Gasteiger partial charge >= 0.3 is 6.18 Å². The summed E-state index contributed by atoms with van der Waals surface area (Å²) in [4.78, 5) is 16.3. The van der Waals surface area contributed by atoms with Crippen LogP contribution in [-0.4, -0.2) is 50.1 Å². The molecule has 0 unspecified atom stereocenters. The lowest BCUT2D eigenvalue weighted by atomic mass is 10.2. The highest BCUT2D eigenvalue weighted by Crippen LogP contribution is 2.33. The third-order valence-corrected chi connectivity index (χ3v) is 4.71. The first-order chi connectivity index (χ1) is 13.8. The molecule has 1 aliphatic rings. The van der Waals surface area contributed by atoms with E-state index in [0.717, 1.165) is 30.1 Å². The van der Waals surface area contributed by atoms with Crippen molar-refractivity contribution in [2.24, 2.45) is 0 Å². The highest BCUT2D eigenvalue weighted by molar-refractivity contribution is 5.92. The SMILES string of the molecule is CCN1C[C@@H](CN(C)CC(=O)Nc2cccc(C(F)(F)F)c2)Oc2ccccc21. The van der Waals surface area contributed by atoms with Crippen molar-refractivity contribution in [1.29, 1.82) is 0 Å². The minimum Gasteiger partial charge on any atom is -0.485 e. The van der Waals surface area contributed by atoms with Gasteiger partial charge in [0.2, 0.25) is 5.91 Å². The summed E-state index contributed by atoms with van der Waals surface area (Å²) in [6, 6.07) is 12.4. The standard InChI is InChI=1S/C21H24F3N3O2/c1-3-27-13-17(29-19-10-5-4-9-18(19)27)12-26(2)14-20(28)25-16-8-6-7-15(11-16)21(22,23)24/h4-11,17H,3,12-14H2,1-2H3,(H,25,28)/t17-/m1/s1. The average molecular weight is 407 g/mol. The molecule has 156 valence electrons. The fourth-order valence-corrected chi connectivity index (χ4v) is 3.40.